The highest BCUT2D eigenvalue weighted by atomic mass is 16.5. The molecule has 0 heterocycles. The minimum Gasteiger partial charge on any atom is -0.478 e. The van der Waals surface area contributed by atoms with Crippen LogP contribution in [0.5, 0.6) is 0 Å². The normalized spacial score (nSPS) is 13.9. The van der Waals surface area contributed by atoms with Crippen LogP contribution in [0.15, 0.2) is 23.8 Å². The van der Waals surface area contributed by atoms with Crippen molar-refractivity contribution in [3.05, 3.63) is 23.8 Å². The maximum Gasteiger partial charge on any atom is 0.337 e. The molecule has 0 saturated carbocycles. The number of carboxylic acids is 1. The second kappa shape index (κ2) is 15.5. The van der Waals surface area contributed by atoms with E-state index < -0.39 is 11.9 Å². The monoisotopic (exact) mass is 380 g/mol. The first-order chi connectivity index (χ1) is 12.9. The summed E-state index contributed by atoms with van der Waals surface area (Å²) in [5.41, 5.74) is 0.365. The molecule has 0 spiro atoms. The molecule has 0 aromatic carbocycles. The van der Waals surface area contributed by atoms with Crippen molar-refractivity contribution in [2.75, 3.05) is 6.61 Å². The Morgan fingerprint density at radius 1 is 0.963 bits per heavy atom. The van der Waals surface area contributed by atoms with E-state index in [1.165, 1.54) is 12.5 Å². The van der Waals surface area contributed by atoms with Gasteiger partial charge in [0.15, 0.2) is 0 Å². The summed E-state index contributed by atoms with van der Waals surface area (Å²) in [6.45, 7) is 12.6. The van der Waals surface area contributed by atoms with E-state index in [0.717, 1.165) is 51.4 Å². The van der Waals surface area contributed by atoms with Gasteiger partial charge >= 0.3 is 11.9 Å². The zero-order chi connectivity index (χ0) is 20.7. The van der Waals surface area contributed by atoms with E-state index >= 15 is 0 Å². The van der Waals surface area contributed by atoms with Crippen LogP contribution >= 0.6 is 0 Å². The van der Waals surface area contributed by atoms with Gasteiger partial charge < -0.3 is 9.84 Å². The van der Waals surface area contributed by atoms with Gasteiger partial charge in [-0.25, -0.2) is 9.59 Å². The number of unbranched alkanes of at least 4 members (excludes halogenated alkanes) is 2. The Morgan fingerprint density at radius 3 is 2.00 bits per heavy atom. The first-order valence-corrected chi connectivity index (χ1v) is 10.7. The average molecular weight is 381 g/mol. The number of carbonyl (C=O) groups is 2. The van der Waals surface area contributed by atoms with Gasteiger partial charge in [0.1, 0.15) is 0 Å². The largest absolute Gasteiger partial charge is 0.478 e. The maximum atomic E-state index is 12.2. The standard InChI is InChI=1S/C23H40O4/c1-6-10-12-19(8-3)14-15-21(22(24)25)16-18(5)23(26)27-17-20(9-4)13-11-7-2/h16,19-20H,5-15,17H2,1-4H3,(H,24,25). The van der Waals surface area contributed by atoms with E-state index in [1.54, 1.807) is 0 Å². The summed E-state index contributed by atoms with van der Waals surface area (Å²) in [5.74, 6) is -0.615. The Morgan fingerprint density at radius 2 is 1.52 bits per heavy atom. The molecule has 0 aromatic rings. The van der Waals surface area contributed by atoms with Crippen molar-refractivity contribution in [3.8, 4) is 0 Å². The highest BCUT2D eigenvalue weighted by molar-refractivity contribution is 5.95. The molecule has 0 aromatic heterocycles. The lowest BCUT2D eigenvalue weighted by molar-refractivity contribution is -0.140. The highest BCUT2D eigenvalue weighted by Gasteiger charge is 2.16. The van der Waals surface area contributed by atoms with Crippen molar-refractivity contribution in [1.82, 2.24) is 0 Å². The van der Waals surface area contributed by atoms with Crippen LogP contribution in [-0.4, -0.2) is 23.7 Å². The maximum absolute atomic E-state index is 12.2. The highest BCUT2D eigenvalue weighted by Crippen LogP contribution is 2.22. The second-order valence-corrected chi connectivity index (χ2v) is 7.47. The number of carbonyl (C=O) groups excluding carboxylic acids is 1. The lowest BCUT2D eigenvalue weighted by Crippen LogP contribution is -2.15. The molecule has 0 fully saturated rings. The van der Waals surface area contributed by atoms with Crippen LogP contribution < -0.4 is 0 Å². The Kier molecular flexibility index (Phi) is 14.6. The van der Waals surface area contributed by atoms with Crippen molar-refractivity contribution in [2.24, 2.45) is 11.8 Å². The molecule has 156 valence electrons. The summed E-state index contributed by atoms with van der Waals surface area (Å²) in [7, 11) is 0. The number of carboxylic acid groups (broad SMARTS) is 1. The first-order valence-electron chi connectivity index (χ1n) is 10.7. The average Bonchev–Trinajstić information content (AvgIpc) is 2.66. The summed E-state index contributed by atoms with van der Waals surface area (Å²) in [6.07, 6.45) is 11.4. The van der Waals surface area contributed by atoms with Gasteiger partial charge in [-0.2, -0.15) is 0 Å². The molecule has 0 saturated heterocycles. The summed E-state index contributed by atoms with van der Waals surface area (Å²) < 4.78 is 5.36. The third-order valence-electron chi connectivity index (χ3n) is 5.24. The van der Waals surface area contributed by atoms with Crippen LogP contribution in [-0.2, 0) is 14.3 Å². The molecule has 27 heavy (non-hydrogen) atoms. The van der Waals surface area contributed by atoms with Crippen molar-refractivity contribution in [2.45, 2.75) is 91.9 Å². The fraction of sp³-hybridized carbons (Fsp3) is 0.739. The van der Waals surface area contributed by atoms with Crippen LogP contribution in [0.1, 0.15) is 91.9 Å². The van der Waals surface area contributed by atoms with Crippen molar-refractivity contribution in [3.63, 3.8) is 0 Å². The third kappa shape index (κ3) is 11.7. The van der Waals surface area contributed by atoms with Crippen LogP contribution in [0.25, 0.3) is 0 Å². The van der Waals surface area contributed by atoms with Crippen LogP contribution in [0.4, 0.5) is 0 Å². The summed E-state index contributed by atoms with van der Waals surface area (Å²) in [4.78, 5) is 23.7. The Labute approximate surface area is 166 Å². The quantitative estimate of drug-likeness (QED) is 0.194. The van der Waals surface area contributed by atoms with Gasteiger partial charge in [-0.05, 0) is 37.2 Å². The van der Waals surface area contributed by atoms with E-state index in [1.807, 2.05) is 0 Å². The van der Waals surface area contributed by atoms with Crippen molar-refractivity contribution in [1.29, 1.82) is 0 Å². The van der Waals surface area contributed by atoms with Crippen LogP contribution in [0.2, 0.25) is 0 Å². The van der Waals surface area contributed by atoms with Gasteiger partial charge in [0.05, 0.1) is 12.2 Å². The molecule has 1 N–H and O–H groups in total. The summed E-state index contributed by atoms with van der Waals surface area (Å²) in [5, 5.41) is 9.46. The van der Waals surface area contributed by atoms with Crippen LogP contribution in [0, 0.1) is 11.8 Å². The van der Waals surface area contributed by atoms with Crippen molar-refractivity contribution >= 4 is 11.9 Å². The van der Waals surface area contributed by atoms with Gasteiger partial charge in [0, 0.05) is 5.57 Å². The number of hydrogen-bond acceptors (Lipinski definition) is 3. The van der Waals surface area contributed by atoms with Gasteiger partial charge in [0.25, 0.3) is 0 Å². The van der Waals surface area contributed by atoms with Gasteiger partial charge in [-0.1, -0.05) is 79.2 Å². The third-order valence-corrected chi connectivity index (χ3v) is 5.24. The van der Waals surface area contributed by atoms with E-state index in [4.69, 9.17) is 4.74 Å². The lowest BCUT2D eigenvalue weighted by Gasteiger charge is -2.15. The van der Waals surface area contributed by atoms with Gasteiger partial charge in [0.2, 0.25) is 0 Å². The number of rotatable bonds is 16. The van der Waals surface area contributed by atoms with Crippen molar-refractivity contribution < 1.29 is 19.4 Å². The molecule has 4 nitrogen and oxygen atoms in total. The fourth-order valence-corrected chi connectivity index (χ4v) is 3.10. The molecule has 4 heteroatoms. The predicted octanol–water partition coefficient (Wildman–Crippen LogP) is 6.31. The fourth-order valence-electron chi connectivity index (χ4n) is 3.10. The smallest absolute Gasteiger partial charge is 0.337 e. The molecule has 0 aliphatic carbocycles. The zero-order valence-corrected chi connectivity index (χ0v) is 17.9. The van der Waals surface area contributed by atoms with E-state index in [2.05, 4.69) is 34.3 Å². The van der Waals surface area contributed by atoms with E-state index in [0.29, 0.717) is 24.9 Å². The molecule has 0 rings (SSSR count). The minimum atomic E-state index is -0.983. The summed E-state index contributed by atoms with van der Waals surface area (Å²) in [6, 6.07) is 0. The predicted molar refractivity (Wildman–Crippen MR) is 112 cm³/mol. The molecule has 2 atom stereocenters. The van der Waals surface area contributed by atoms with E-state index in [9.17, 15) is 14.7 Å². The summed E-state index contributed by atoms with van der Waals surface area (Å²) >= 11 is 0. The molecule has 0 aliphatic heterocycles. The minimum absolute atomic E-state index is 0.124. The molecule has 0 bridgehead atoms. The molecule has 0 radical (unpaired) electrons. The van der Waals surface area contributed by atoms with Crippen LogP contribution in [0.3, 0.4) is 0 Å². The SMILES string of the molecule is C=C(C=C(CCC(CC)CCCC)C(=O)O)C(=O)OCC(CC)CCCC. The molecule has 2 unspecified atom stereocenters. The van der Waals surface area contributed by atoms with Gasteiger partial charge in [-0.15, -0.1) is 0 Å². The van der Waals surface area contributed by atoms with E-state index in [-0.39, 0.29) is 11.1 Å². The second-order valence-electron chi connectivity index (χ2n) is 7.47. The molecule has 0 amide bonds. The Hall–Kier alpha value is -1.58. The lowest BCUT2D eigenvalue weighted by atomic mass is 9.92. The number of esters is 1. The Bertz CT molecular complexity index is 479. The number of ether oxygens (including phenoxy) is 1. The molecular formula is C23H40O4. The van der Waals surface area contributed by atoms with Gasteiger partial charge in [-0.3, -0.25) is 0 Å². The number of aliphatic carboxylic acids is 1. The first kappa shape index (κ1) is 25.4. The molecular weight excluding hydrogens is 340 g/mol. The Balaban J connectivity index is 4.69. The topological polar surface area (TPSA) is 63.6 Å². The molecule has 0 aliphatic rings. The number of hydrogen-bond donors (Lipinski definition) is 1. The zero-order valence-electron chi connectivity index (χ0n) is 17.9.